The summed E-state index contributed by atoms with van der Waals surface area (Å²) in [5.41, 5.74) is 0.348. The number of halogens is 1. The van der Waals surface area contributed by atoms with Gasteiger partial charge in [-0.3, -0.25) is 4.79 Å². The van der Waals surface area contributed by atoms with Gasteiger partial charge < -0.3 is 19.7 Å². The van der Waals surface area contributed by atoms with Gasteiger partial charge in [-0.05, 0) is 31.0 Å². The first kappa shape index (κ1) is 18.2. The molecular formula is C17H20ClN5O3. The van der Waals surface area contributed by atoms with Crippen molar-refractivity contribution in [3.05, 3.63) is 34.6 Å². The third-order valence-corrected chi connectivity index (χ3v) is 4.27. The molecule has 1 amide bonds. The van der Waals surface area contributed by atoms with Crippen LogP contribution in [0.5, 0.6) is 11.8 Å². The molecule has 1 aliphatic rings. The Balaban J connectivity index is 1.75. The molecule has 0 aliphatic carbocycles. The molecule has 1 aromatic heterocycles. The molecule has 8 nitrogen and oxygen atoms in total. The fourth-order valence-corrected chi connectivity index (χ4v) is 2.90. The van der Waals surface area contributed by atoms with Crippen LogP contribution in [0.3, 0.4) is 0 Å². The number of amides is 1. The maximum Gasteiger partial charge on any atom is 0.321 e. The van der Waals surface area contributed by atoms with Crippen LogP contribution in [0.25, 0.3) is 0 Å². The first-order valence-corrected chi connectivity index (χ1v) is 8.64. The molecule has 0 spiro atoms. The van der Waals surface area contributed by atoms with Gasteiger partial charge in [0.15, 0.2) is 5.82 Å². The Kier molecular flexibility index (Phi) is 5.72. The minimum absolute atomic E-state index is 0.133. The summed E-state index contributed by atoms with van der Waals surface area (Å²) in [5, 5.41) is 3.23. The van der Waals surface area contributed by atoms with Gasteiger partial charge in [0.2, 0.25) is 5.95 Å². The van der Waals surface area contributed by atoms with E-state index in [2.05, 4.69) is 25.2 Å². The van der Waals surface area contributed by atoms with E-state index in [0.29, 0.717) is 28.1 Å². The van der Waals surface area contributed by atoms with E-state index in [1.54, 1.807) is 18.2 Å². The van der Waals surface area contributed by atoms with Gasteiger partial charge in [-0.2, -0.15) is 15.0 Å². The quantitative estimate of drug-likeness (QED) is 0.824. The van der Waals surface area contributed by atoms with Gasteiger partial charge in [-0.1, -0.05) is 11.6 Å². The van der Waals surface area contributed by atoms with Crippen LogP contribution in [0.15, 0.2) is 18.2 Å². The van der Waals surface area contributed by atoms with E-state index in [-0.39, 0.29) is 18.5 Å². The molecule has 0 atom stereocenters. The zero-order chi connectivity index (χ0) is 18.5. The van der Waals surface area contributed by atoms with E-state index in [1.807, 2.05) is 0 Å². The topological polar surface area (TPSA) is 89.5 Å². The van der Waals surface area contributed by atoms with E-state index < -0.39 is 0 Å². The highest BCUT2D eigenvalue weighted by molar-refractivity contribution is 6.31. The molecule has 1 saturated heterocycles. The Labute approximate surface area is 156 Å². The lowest BCUT2D eigenvalue weighted by Crippen LogP contribution is -2.26. The number of carbonyl (C=O) groups is 1. The highest BCUT2D eigenvalue weighted by atomic mass is 35.5. The molecule has 26 heavy (non-hydrogen) atoms. The van der Waals surface area contributed by atoms with E-state index in [0.717, 1.165) is 25.9 Å². The third kappa shape index (κ3) is 4.13. The summed E-state index contributed by atoms with van der Waals surface area (Å²) < 4.78 is 10.4. The fourth-order valence-electron chi connectivity index (χ4n) is 2.73. The maximum atomic E-state index is 12.5. The monoisotopic (exact) mass is 377 g/mol. The lowest BCUT2D eigenvalue weighted by Gasteiger charge is -2.16. The molecule has 2 heterocycles. The molecule has 1 aromatic carbocycles. The van der Waals surface area contributed by atoms with Crippen LogP contribution < -0.4 is 19.7 Å². The highest BCUT2D eigenvalue weighted by Gasteiger charge is 2.18. The maximum absolute atomic E-state index is 12.5. The van der Waals surface area contributed by atoms with Crippen molar-refractivity contribution in [2.45, 2.75) is 19.4 Å². The highest BCUT2D eigenvalue weighted by Crippen LogP contribution is 2.23. The van der Waals surface area contributed by atoms with Crippen molar-refractivity contribution >= 4 is 23.5 Å². The van der Waals surface area contributed by atoms with E-state index in [1.165, 1.54) is 14.2 Å². The van der Waals surface area contributed by atoms with Crippen LogP contribution in [0.1, 0.15) is 29.0 Å². The predicted octanol–water partition coefficient (Wildman–Crippen LogP) is 2.07. The van der Waals surface area contributed by atoms with Gasteiger partial charge in [0.1, 0.15) is 5.75 Å². The van der Waals surface area contributed by atoms with Crippen molar-refractivity contribution in [1.82, 2.24) is 20.3 Å². The van der Waals surface area contributed by atoms with Crippen LogP contribution in [-0.4, -0.2) is 48.2 Å². The predicted molar refractivity (Wildman–Crippen MR) is 97.0 cm³/mol. The van der Waals surface area contributed by atoms with Gasteiger partial charge in [-0.25, -0.2) is 0 Å². The number of anilines is 1. The summed E-state index contributed by atoms with van der Waals surface area (Å²) in [5.74, 6) is 1.11. The molecule has 0 unspecified atom stereocenters. The van der Waals surface area contributed by atoms with Gasteiger partial charge in [0.05, 0.1) is 26.3 Å². The largest absolute Gasteiger partial charge is 0.496 e. The number of hydrogen-bond acceptors (Lipinski definition) is 7. The molecule has 0 saturated carbocycles. The Morgan fingerprint density at radius 1 is 1.19 bits per heavy atom. The number of carbonyl (C=O) groups excluding carboxylic acids is 1. The summed E-state index contributed by atoms with van der Waals surface area (Å²) in [6.07, 6.45) is 2.21. The first-order valence-electron chi connectivity index (χ1n) is 8.26. The van der Waals surface area contributed by atoms with Gasteiger partial charge in [0, 0.05) is 18.1 Å². The lowest BCUT2D eigenvalue weighted by atomic mass is 10.2. The summed E-state index contributed by atoms with van der Waals surface area (Å²) in [7, 11) is 3.00. The zero-order valence-corrected chi connectivity index (χ0v) is 15.4. The van der Waals surface area contributed by atoms with Crippen LogP contribution in [-0.2, 0) is 6.54 Å². The van der Waals surface area contributed by atoms with Gasteiger partial charge in [-0.15, -0.1) is 0 Å². The second-order valence-electron chi connectivity index (χ2n) is 5.76. The van der Waals surface area contributed by atoms with Crippen molar-refractivity contribution in [3.63, 3.8) is 0 Å². The Hall–Kier alpha value is -2.61. The number of rotatable bonds is 6. The SMILES string of the molecule is COc1nc(CNC(=O)c2cc(Cl)ccc2OC)nc(N2CCCC2)n1. The normalized spacial score (nSPS) is 13.6. The minimum atomic E-state index is -0.327. The lowest BCUT2D eigenvalue weighted by molar-refractivity contribution is 0.0946. The van der Waals surface area contributed by atoms with Crippen molar-refractivity contribution in [1.29, 1.82) is 0 Å². The number of ether oxygens (including phenoxy) is 2. The average Bonchev–Trinajstić information content (AvgIpc) is 3.20. The van der Waals surface area contributed by atoms with Gasteiger partial charge >= 0.3 is 6.01 Å². The summed E-state index contributed by atoms with van der Waals surface area (Å²) in [4.78, 5) is 27.5. The van der Waals surface area contributed by atoms with Gasteiger partial charge in [0.25, 0.3) is 5.91 Å². The number of hydrogen-bond donors (Lipinski definition) is 1. The fraction of sp³-hybridized carbons (Fsp3) is 0.412. The number of nitrogens with one attached hydrogen (secondary N) is 1. The number of nitrogens with zero attached hydrogens (tertiary/aromatic N) is 4. The molecule has 1 N–H and O–H groups in total. The van der Waals surface area contributed by atoms with Crippen molar-refractivity contribution < 1.29 is 14.3 Å². The van der Waals surface area contributed by atoms with Crippen molar-refractivity contribution in [2.24, 2.45) is 0 Å². The molecule has 9 heteroatoms. The van der Waals surface area contributed by atoms with E-state index in [9.17, 15) is 4.79 Å². The zero-order valence-electron chi connectivity index (χ0n) is 14.7. The van der Waals surface area contributed by atoms with Crippen molar-refractivity contribution in [3.8, 4) is 11.8 Å². The molecule has 1 fully saturated rings. The first-order chi connectivity index (χ1) is 12.6. The summed E-state index contributed by atoms with van der Waals surface area (Å²) in [6.45, 7) is 1.94. The number of methoxy groups -OCH3 is 2. The van der Waals surface area contributed by atoms with Crippen LogP contribution in [0.4, 0.5) is 5.95 Å². The molecule has 0 radical (unpaired) electrons. The summed E-state index contributed by atoms with van der Waals surface area (Å²) >= 11 is 5.98. The third-order valence-electron chi connectivity index (χ3n) is 4.03. The number of aromatic nitrogens is 3. The standard InChI is InChI=1S/C17H20ClN5O3/c1-25-13-6-5-11(18)9-12(13)15(24)19-10-14-20-16(22-17(21-14)26-2)23-7-3-4-8-23/h5-6,9H,3-4,7-8,10H2,1-2H3,(H,19,24). The van der Waals surface area contributed by atoms with E-state index in [4.69, 9.17) is 21.1 Å². The molecule has 3 rings (SSSR count). The molecule has 1 aliphatic heterocycles. The minimum Gasteiger partial charge on any atom is -0.496 e. The molecular weight excluding hydrogens is 358 g/mol. The Morgan fingerprint density at radius 3 is 2.65 bits per heavy atom. The number of benzene rings is 1. The van der Waals surface area contributed by atoms with Crippen LogP contribution in [0, 0.1) is 0 Å². The Bertz CT molecular complexity index is 796. The summed E-state index contributed by atoms with van der Waals surface area (Å²) in [6, 6.07) is 5.09. The van der Waals surface area contributed by atoms with E-state index >= 15 is 0 Å². The second kappa shape index (κ2) is 8.18. The molecule has 0 bridgehead atoms. The smallest absolute Gasteiger partial charge is 0.321 e. The van der Waals surface area contributed by atoms with Crippen LogP contribution in [0.2, 0.25) is 5.02 Å². The average molecular weight is 378 g/mol. The van der Waals surface area contributed by atoms with Crippen LogP contribution >= 0.6 is 11.6 Å². The van der Waals surface area contributed by atoms with Crippen molar-refractivity contribution in [2.75, 3.05) is 32.2 Å². The molecule has 2 aromatic rings. The molecule has 138 valence electrons. The Morgan fingerprint density at radius 2 is 1.96 bits per heavy atom. The second-order valence-corrected chi connectivity index (χ2v) is 6.20.